The second kappa shape index (κ2) is 3.95. The maximum absolute atomic E-state index is 5.16. The maximum atomic E-state index is 5.16. The predicted molar refractivity (Wildman–Crippen MR) is 46.7 cm³/mol. The second-order valence-electron chi connectivity index (χ2n) is 2.39. The summed E-state index contributed by atoms with van der Waals surface area (Å²) < 4.78 is 10.1. The van der Waals surface area contributed by atoms with E-state index in [1.807, 2.05) is 0 Å². The molecule has 0 radical (unpaired) electrons. The van der Waals surface area contributed by atoms with Gasteiger partial charge in [0.05, 0.1) is 14.2 Å². The van der Waals surface area contributed by atoms with Crippen LogP contribution in [0.3, 0.4) is 0 Å². The fourth-order valence-electron chi connectivity index (χ4n) is 1.01. The summed E-state index contributed by atoms with van der Waals surface area (Å²) in [4.78, 5) is 4.07. The molecule has 0 spiro atoms. The van der Waals surface area contributed by atoms with E-state index < -0.39 is 0 Å². The van der Waals surface area contributed by atoms with Crippen molar-refractivity contribution >= 4 is 0 Å². The lowest BCUT2D eigenvalue weighted by Gasteiger charge is -2.06. The van der Waals surface area contributed by atoms with E-state index in [9.17, 15) is 0 Å². The minimum absolute atomic E-state index is 0.587. The summed E-state index contributed by atoms with van der Waals surface area (Å²) in [6.07, 6.45) is 2.69. The second-order valence-corrected chi connectivity index (χ2v) is 2.39. The molecule has 0 N–H and O–H groups in total. The lowest BCUT2D eigenvalue weighted by atomic mass is 10.2. The number of pyridine rings is 1. The lowest BCUT2D eigenvalue weighted by Crippen LogP contribution is -1.94. The molecule has 0 aromatic carbocycles. The van der Waals surface area contributed by atoms with Crippen molar-refractivity contribution in [3.05, 3.63) is 17.8 Å². The van der Waals surface area contributed by atoms with E-state index in [2.05, 4.69) is 11.9 Å². The number of aromatic nitrogens is 1. The minimum Gasteiger partial charge on any atom is -0.496 e. The molecule has 0 aliphatic heterocycles. The molecule has 3 nitrogen and oxygen atoms in total. The van der Waals surface area contributed by atoms with E-state index in [1.54, 1.807) is 26.5 Å². The predicted octanol–water partition coefficient (Wildman–Crippen LogP) is 1.66. The van der Waals surface area contributed by atoms with Crippen molar-refractivity contribution in [2.75, 3.05) is 14.2 Å². The highest BCUT2D eigenvalue weighted by Gasteiger charge is 2.02. The highest BCUT2D eigenvalue weighted by Crippen LogP contribution is 2.21. The summed E-state index contributed by atoms with van der Waals surface area (Å²) in [6, 6.07) is 1.79. The van der Waals surface area contributed by atoms with Gasteiger partial charge in [-0.25, -0.2) is 4.98 Å². The zero-order chi connectivity index (χ0) is 8.97. The molecule has 0 unspecified atom stereocenters. The quantitative estimate of drug-likeness (QED) is 0.686. The molecule has 0 amide bonds. The van der Waals surface area contributed by atoms with Gasteiger partial charge in [-0.2, -0.15) is 0 Å². The van der Waals surface area contributed by atoms with Crippen LogP contribution in [0.4, 0.5) is 0 Å². The first-order chi connectivity index (χ1) is 5.81. The average molecular weight is 167 g/mol. The van der Waals surface area contributed by atoms with Gasteiger partial charge in [0.15, 0.2) is 0 Å². The Morgan fingerprint density at radius 2 is 2.08 bits per heavy atom. The fourth-order valence-corrected chi connectivity index (χ4v) is 1.01. The van der Waals surface area contributed by atoms with Crippen molar-refractivity contribution in [2.45, 2.75) is 13.3 Å². The van der Waals surface area contributed by atoms with Crippen LogP contribution in [-0.4, -0.2) is 19.2 Å². The molecular formula is C9H13NO2. The molecular weight excluding hydrogens is 154 g/mol. The van der Waals surface area contributed by atoms with Crippen LogP contribution in [0.2, 0.25) is 0 Å². The first kappa shape index (κ1) is 8.84. The summed E-state index contributed by atoms with van der Waals surface area (Å²) in [7, 11) is 3.24. The van der Waals surface area contributed by atoms with Crippen LogP contribution >= 0.6 is 0 Å². The number of nitrogens with zero attached hydrogens (tertiary/aromatic N) is 1. The van der Waals surface area contributed by atoms with Crippen molar-refractivity contribution < 1.29 is 9.47 Å². The van der Waals surface area contributed by atoms with Crippen LogP contribution in [0.25, 0.3) is 0 Å². The summed E-state index contributed by atoms with van der Waals surface area (Å²) in [5.41, 5.74) is 1.10. The number of hydrogen-bond acceptors (Lipinski definition) is 3. The molecule has 0 fully saturated rings. The average Bonchev–Trinajstić information content (AvgIpc) is 2.16. The van der Waals surface area contributed by atoms with Crippen LogP contribution in [0.15, 0.2) is 12.3 Å². The first-order valence-corrected chi connectivity index (χ1v) is 3.88. The van der Waals surface area contributed by atoms with Gasteiger partial charge < -0.3 is 9.47 Å². The summed E-state index contributed by atoms with van der Waals surface area (Å²) in [5, 5.41) is 0. The Bertz CT molecular complexity index is 261. The van der Waals surface area contributed by atoms with Gasteiger partial charge in [0.2, 0.25) is 5.88 Å². The molecule has 66 valence electrons. The van der Waals surface area contributed by atoms with E-state index in [1.165, 1.54) is 0 Å². The molecule has 1 aromatic rings. The molecule has 1 aromatic heterocycles. The molecule has 12 heavy (non-hydrogen) atoms. The van der Waals surface area contributed by atoms with Gasteiger partial charge in [0.25, 0.3) is 0 Å². The SMILES string of the molecule is CCc1cnc(OC)cc1OC. The van der Waals surface area contributed by atoms with Gasteiger partial charge in [-0.15, -0.1) is 0 Å². The Balaban J connectivity index is 3.02. The van der Waals surface area contributed by atoms with Crippen molar-refractivity contribution in [1.82, 2.24) is 4.98 Å². The van der Waals surface area contributed by atoms with E-state index in [-0.39, 0.29) is 0 Å². The fraction of sp³-hybridized carbons (Fsp3) is 0.444. The first-order valence-electron chi connectivity index (χ1n) is 3.88. The number of ether oxygens (including phenoxy) is 2. The third kappa shape index (κ3) is 1.67. The Morgan fingerprint density at radius 1 is 1.33 bits per heavy atom. The van der Waals surface area contributed by atoms with Crippen molar-refractivity contribution in [3.63, 3.8) is 0 Å². The molecule has 0 bridgehead atoms. The molecule has 1 heterocycles. The van der Waals surface area contributed by atoms with Gasteiger partial charge in [-0.3, -0.25) is 0 Å². The minimum atomic E-state index is 0.587. The summed E-state index contributed by atoms with van der Waals surface area (Å²) in [5.74, 6) is 1.42. The molecule has 0 aliphatic rings. The van der Waals surface area contributed by atoms with Crippen molar-refractivity contribution in [3.8, 4) is 11.6 Å². The standard InChI is InChI=1S/C9H13NO2/c1-4-7-6-10-9(12-3)5-8(7)11-2/h5-6H,4H2,1-3H3. The van der Waals surface area contributed by atoms with Gasteiger partial charge >= 0.3 is 0 Å². The van der Waals surface area contributed by atoms with Crippen LogP contribution < -0.4 is 9.47 Å². The third-order valence-electron chi connectivity index (χ3n) is 1.73. The van der Waals surface area contributed by atoms with Crippen molar-refractivity contribution in [1.29, 1.82) is 0 Å². The summed E-state index contributed by atoms with van der Waals surface area (Å²) in [6.45, 7) is 2.06. The zero-order valence-corrected chi connectivity index (χ0v) is 7.63. The van der Waals surface area contributed by atoms with Crippen molar-refractivity contribution in [2.24, 2.45) is 0 Å². The van der Waals surface area contributed by atoms with Crippen LogP contribution in [0, 0.1) is 0 Å². The number of rotatable bonds is 3. The van der Waals surface area contributed by atoms with Gasteiger partial charge in [0, 0.05) is 17.8 Å². The molecule has 1 rings (SSSR count). The zero-order valence-electron chi connectivity index (χ0n) is 7.63. The lowest BCUT2D eigenvalue weighted by molar-refractivity contribution is 0.379. The number of hydrogen-bond donors (Lipinski definition) is 0. The molecule has 0 saturated carbocycles. The third-order valence-corrected chi connectivity index (χ3v) is 1.73. The number of methoxy groups -OCH3 is 2. The molecule has 3 heteroatoms. The monoisotopic (exact) mass is 167 g/mol. The Kier molecular flexibility index (Phi) is 2.91. The largest absolute Gasteiger partial charge is 0.496 e. The Hall–Kier alpha value is -1.25. The molecule has 0 atom stereocenters. The van der Waals surface area contributed by atoms with E-state index in [0.29, 0.717) is 5.88 Å². The molecule has 0 saturated heterocycles. The summed E-state index contributed by atoms with van der Waals surface area (Å²) >= 11 is 0. The number of aryl methyl sites for hydroxylation is 1. The topological polar surface area (TPSA) is 31.4 Å². The van der Waals surface area contributed by atoms with E-state index in [0.717, 1.165) is 17.7 Å². The van der Waals surface area contributed by atoms with Crippen LogP contribution in [0.5, 0.6) is 11.6 Å². The van der Waals surface area contributed by atoms with Gasteiger partial charge in [-0.05, 0) is 6.42 Å². The normalized spacial score (nSPS) is 9.58. The maximum Gasteiger partial charge on any atom is 0.216 e. The van der Waals surface area contributed by atoms with Crippen LogP contribution in [0.1, 0.15) is 12.5 Å². The Labute approximate surface area is 72.3 Å². The van der Waals surface area contributed by atoms with E-state index >= 15 is 0 Å². The van der Waals surface area contributed by atoms with Gasteiger partial charge in [0.1, 0.15) is 5.75 Å². The Morgan fingerprint density at radius 3 is 2.58 bits per heavy atom. The van der Waals surface area contributed by atoms with Gasteiger partial charge in [-0.1, -0.05) is 6.92 Å². The smallest absolute Gasteiger partial charge is 0.216 e. The van der Waals surface area contributed by atoms with Crippen LogP contribution in [-0.2, 0) is 6.42 Å². The van der Waals surface area contributed by atoms with E-state index in [4.69, 9.17) is 9.47 Å². The molecule has 0 aliphatic carbocycles. The highest BCUT2D eigenvalue weighted by atomic mass is 16.5. The highest BCUT2D eigenvalue weighted by molar-refractivity contribution is 5.35.